The van der Waals surface area contributed by atoms with Crippen molar-refractivity contribution < 1.29 is 18.9 Å². The Morgan fingerprint density at radius 1 is 1.13 bits per heavy atom. The van der Waals surface area contributed by atoms with Crippen LogP contribution in [0.1, 0.15) is 30.0 Å². The first-order valence-corrected chi connectivity index (χ1v) is 9.41. The molecule has 0 spiro atoms. The van der Waals surface area contributed by atoms with Gasteiger partial charge >= 0.3 is 0 Å². The highest BCUT2D eigenvalue weighted by Crippen LogP contribution is 2.29. The molecule has 0 unspecified atom stereocenters. The van der Waals surface area contributed by atoms with E-state index >= 15 is 0 Å². The van der Waals surface area contributed by atoms with Gasteiger partial charge in [0, 0.05) is 23.3 Å². The molecule has 0 aliphatic carbocycles. The molecule has 8 heteroatoms. The number of anilines is 1. The quantitative estimate of drug-likeness (QED) is 0.256. The lowest BCUT2D eigenvalue weighted by molar-refractivity contribution is -0.384. The average molecular weight is 415 g/mol. The van der Waals surface area contributed by atoms with Crippen LogP contribution in [0.2, 0.25) is 0 Å². The highest BCUT2D eigenvalue weighted by Gasteiger charge is 2.29. The van der Waals surface area contributed by atoms with Gasteiger partial charge in [-0.2, -0.15) is 10.1 Å². The number of ketones is 1. The van der Waals surface area contributed by atoms with Gasteiger partial charge in [-0.05, 0) is 56.3 Å². The first-order chi connectivity index (χ1) is 14.8. The van der Waals surface area contributed by atoms with Gasteiger partial charge in [-0.3, -0.25) is 19.7 Å². The van der Waals surface area contributed by atoms with Gasteiger partial charge in [0.15, 0.2) is 5.78 Å². The molecule has 1 aliphatic heterocycles. The van der Waals surface area contributed by atoms with Crippen LogP contribution >= 0.6 is 0 Å². The molecule has 2 heterocycles. The van der Waals surface area contributed by atoms with Crippen LogP contribution in [0.3, 0.4) is 0 Å². The van der Waals surface area contributed by atoms with Crippen molar-refractivity contribution in [3.05, 3.63) is 87.7 Å². The molecule has 0 saturated heterocycles. The molecule has 0 fully saturated rings. The Kier molecular flexibility index (Phi) is 5.04. The third-order valence-corrected chi connectivity index (χ3v) is 4.84. The maximum Gasteiger partial charge on any atom is 0.280 e. The molecule has 0 atom stereocenters. The van der Waals surface area contributed by atoms with E-state index in [1.54, 1.807) is 61.5 Å². The zero-order valence-electron chi connectivity index (χ0n) is 16.7. The van der Waals surface area contributed by atoms with Gasteiger partial charge in [0.2, 0.25) is 0 Å². The van der Waals surface area contributed by atoms with Crippen LogP contribution in [0.5, 0.6) is 0 Å². The number of nitro benzene ring substituents is 1. The molecule has 1 aliphatic rings. The molecule has 0 saturated carbocycles. The van der Waals surface area contributed by atoms with Crippen molar-refractivity contribution in [3.8, 4) is 11.3 Å². The maximum absolute atomic E-state index is 12.9. The number of carbonyl (C=O) groups is 2. The van der Waals surface area contributed by atoms with Crippen molar-refractivity contribution in [1.82, 2.24) is 0 Å². The standard InChI is InChI=1S/C23H17N3O5/c1-14-21(23(28)25(24-14)18-8-6-16(7-9-18)15(2)27)13-20-10-11-22(31-20)17-4-3-5-19(12-17)26(29)30/h3-13H,1-2H3/b21-13-. The van der Waals surface area contributed by atoms with Crippen LogP contribution in [0.25, 0.3) is 17.4 Å². The molecule has 8 nitrogen and oxygen atoms in total. The van der Waals surface area contributed by atoms with E-state index < -0.39 is 4.92 Å². The van der Waals surface area contributed by atoms with Gasteiger partial charge in [-0.25, -0.2) is 0 Å². The van der Waals surface area contributed by atoms with Gasteiger partial charge in [-0.1, -0.05) is 12.1 Å². The molecule has 1 aromatic heterocycles. The predicted molar refractivity (Wildman–Crippen MR) is 116 cm³/mol. The van der Waals surface area contributed by atoms with Crippen LogP contribution in [0.15, 0.2) is 75.8 Å². The minimum atomic E-state index is -0.468. The Labute approximate surface area is 177 Å². The largest absolute Gasteiger partial charge is 0.457 e. The van der Waals surface area contributed by atoms with Crippen LogP contribution in [-0.2, 0) is 4.79 Å². The van der Waals surface area contributed by atoms with Crippen LogP contribution in [0, 0.1) is 10.1 Å². The van der Waals surface area contributed by atoms with Crippen LogP contribution in [-0.4, -0.2) is 22.3 Å². The fraction of sp³-hybridized carbons (Fsp3) is 0.0870. The Morgan fingerprint density at radius 3 is 2.55 bits per heavy atom. The molecule has 3 aromatic rings. The molecular formula is C23H17N3O5. The van der Waals surface area contributed by atoms with E-state index in [4.69, 9.17) is 4.42 Å². The number of hydrogen-bond acceptors (Lipinski definition) is 6. The number of nitro groups is 1. The monoisotopic (exact) mass is 415 g/mol. The second kappa shape index (κ2) is 7.83. The van der Waals surface area contributed by atoms with Crippen molar-refractivity contribution in [3.63, 3.8) is 0 Å². The topological polar surface area (TPSA) is 106 Å². The van der Waals surface area contributed by atoms with Crippen molar-refractivity contribution in [2.24, 2.45) is 5.10 Å². The number of benzene rings is 2. The molecular weight excluding hydrogens is 398 g/mol. The molecule has 154 valence electrons. The lowest BCUT2D eigenvalue weighted by Gasteiger charge is -2.11. The Hall–Kier alpha value is -4.33. The first-order valence-electron chi connectivity index (χ1n) is 9.41. The Morgan fingerprint density at radius 2 is 1.87 bits per heavy atom. The zero-order chi connectivity index (χ0) is 22.1. The summed E-state index contributed by atoms with van der Waals surface area (Å²) in [5.41, 5.74) is 2.53. The highest BCUT2D eigenvalue weighted by molar-refractivity contribution is 6.32. The van der Waals surface area contributed by atoms with Crippen molar-refractivity contribution in [2.75, 3.05) is 5.01 Å². The van der Waals surface area contributed by atoms with Gasteiger partial charge in [0.25, 0.3) is 11.6 Å². The normalized spacial score (nSPS) is 14.8. The molecule has 2 aromatic carbocycles. The number of nitrogens with zero attached hydrogens (tertiary/aromatic N) is 3. The van der Waals surface area contributed by atoms with E-state index in [9.17, 15) is 19.7 Å². The van der Waals surface area contributed by atoms with Gasteiger partial charge in [0.1, 0.15) is 11.5 Å². The molecule has 1 amide bonds. The number of hydrogen-bond donors (Lipinski definition) is 0. The van der Waals surface area contributed by atoms with E-state index in [0.29, 0.717) is 39.6 Å². The summed E-state index contributed by atoms with van der Waals surface area (Å²) in [4.78, 5) is 34.9. The predicted octanol–water partition coefficient (Wildman–Crippen LogP) is 4.86. The minimum absolute atomic E-state index is 0.0332. The average Bonchev–Trinajstić information content (AvgIpc) is 3.34. The van der Waals surface area contributed by atoms with Crippen LogP contribution in [0.4, 0.5) is 11.4 Å². The highest BCUT2D eigenvalue weighted by atomic mass is 16.6. The number of rotatable bonds is 5. The number of non-ortho nitro benzene ring substituents is 1. The third kappa shape index (κ3) is 3.91. The zero-order valence-corrected chi connectivity index (χ0v) is 16.7. The number of Topliss-reactive ketones (excluding diaryl/α,β-unsaturated/α-hetero) is 1. The molecule has 0 radical (unpaired) electrons. The van der Waals surface area contributed by atoms with E-state index in [1.807, 2.05) is 0 Å². The van der Waals surface area contributed by atoms with E-state index in [-0.39, 0.29) is 17.4 Å². The molecule has 31 heavy (non-hydrogen) atoms. The van der Waals surface area contributed by atoms with E-state index in [2.05, 4.69) is 5.10 Å². The minimum Gasteiger partial charge on any atom is -0.457 e. The number of hydrazone groups is 1. The van der Waals surface area contributed by atoms with Crippen LogP contribution < -0.4 is 5.01 Å². The van der Waals surface area contributed by atoms with Gasteiger partial charge in [-0.15, -0.1) is 0 Å². The number of amides is 1. The Bertz CT molecular complexity index is 1270. The summed E-state index contributed by atoms with van der Waals surface area (Å²) >= 11 is 0. The van der Waals surface area contributed by atoms with Gasteiger partial charge < -0.3 is 4.42 Å². The van der Waals surface area contributed by atoms with E-state index in [1.165, 1.54) is 24.1 Å². The summed E-state index contributed by atoms with van der Waals surface area (Å²) in [5, 5.41) is 16.6. The summed E-state index contributed by atoms with van der Waals surface area (Å²) < 4.78 is 5.78. The summed E-state index contributed by atoms with van der Waals surface area (Å²) in [6.45, 7) is 3.20. The summed E-state index contributed by atoms with van der Waals surface area (Å²) in [7, 11) is 0. The summed E-state index contributed by atoms with van der Waals surface area (Å²) in [6.07, 6.45) is 1.59. The van der Waals surface area contributed by atoms with Crippen molar-refractivity contribution >= 4 is 34.9 Å². The first kappa shape index (κ1) is 20.0. The number of furan rings is 1. The van der Waals surface area contributed by atoms with Crippen molar-refractivity contribution in [2.45, 2.75) is 13.8 Å². The Balaban J connectivity index is 1.59. The third-order valence-electron chi connectivity index (χ3n) is 4.84. The number of carbonyl (C=O) groups excluding carboxylic acids is 2. The SMILES string of the molecule is CC(=O)c1ccc(N2N=C(C)/C(=C/c3ccc(-c4cccc([N+](=O)[O-])c4)o3)C2=O)cc1. The van der Waals surface area contributed by atoms with Crippen molar-refractivity contribution in [1.29, 1.82) is 0 Å². The van der Waals surface area contributed by atoms with E-state index in [0.717, 1.165) is 0 Å². The second-order valence-corrected chi connectivity index (χ2v) is 6.97. The molecule has 0 N–H and O–H groups in total. The lowest BCUT2D eigenvalue weighted by Crippen LogP contribution is -2.21. The maximum atomic E-state index is 12.9. The van der Waals surface area contributed by atoms with Gasteiger partial charge in [0.05, 0.1) is 21.9 Å². The smallest absolute Gasteiger partial charge is 0.280 e. The molecule has 0 bridgehead atoms. The summed E-state index contributed by atoms with van der Waals surface area (Å²) in [5.74, 6) is 0.499. The lowest BCUT2D eigenvalue weighted by atomic mass is 10.1. The molecule has 4 rings (SSSR count). The second-order valence-electron chi connectivity index (χ2n) is 6.97. The fourth-order valence-corrected chi connectivity index (χ4v) is 3.20. The fourth-order valence-electron chi connectivity index (χ4n) is 3.20. The summed E-state index contributed by atoms with van der Waals surface area (Å²) in [6, 6.07) is 16.1.